The Morgan fingerprint density at radius 2 is 1.22 bits per heavy atom. The van der Waals surface area contributed by atoms with Crippen LogP contribution >= 0.6 is 0 Å². The number of hydrogen-bond acceptors (Lipinski definition) is 9. The van der Waals surface area contributed by atoms with Crippen LogP contribution in [0.3, 0.4) is 0 Å². The van der Waals surface area contributed by atoms with E-state index in [1.54, 1.807) is 18.4 Å². The molecule has 0 saturated carbocycles. The summed E-state index contributed by atoms with van der Waals surface area (Å²) in [5.74, 6) is 0. The van der Waals surface area contributed by atoms with Gasteiger partial charge in [0.15, 0.2) is 16.6 Å². The van der Waals surface area contributed by atoms with E-state index in [2.05, 4.69) is 55.8 Å². The predicted molar refractivity (Wildman–Crippen MR) is 133 cm³/mol. The molecule has 0 aromatic rings. The summed E-state index contributed by atoms with van der Waals surface area (Å²) >= 11 is 0. The minimum atomic E-state index is -2.63. The maximum Gasteiger partial charge on any atom is 0.315 e. The van der Waals surface area contributed by atoms with Crippen molar-refractivity contribution in [1.82, 2.24) is 0 Å². The van der Waals surface area contributed by atoms with Crippen molar-refractivity contribution < 1.29 is 26.7 Å². The summed E-state index contributed by atoms with van der Waals surface area (Å²) in [6, 6.07) is 2.44. The molecule has 0 aliphatic carbocycles. The molecule has 0 amide bonds. The SMILES string of the molecule is C[Si](C)(CCCOC#N)O[Si](C)(C)O[Si](C)(CCCN=C=O)O[Si](C)(C)CCCN=C=O. The molecule has 0 spiro atoms. The summed E-state index contributed by atoms with van der Waals surface area (Å²) < 4.78 is 24.8. The molecular weight excluding hydrogens is 479 g/mol. The van der Waals surface area contributed by atoms with Gasteiger partial charge in [-0.2, -0.15) is 5.26 Å². The highest BCUT2D eigenvalue weighted by molar-refractivity contribution is 6.89. The largest absolute Gasteiger partial charge is 0.436 e. The lowest BCUT2D eigenvalue weighted by Gasteiger charge is -2.42. The highest BCUT2D eigenvalue weighted by atomic mass is 28.5. The third-order valence-corrected chi connectivity index (χ3v) is 20.8. The van der Waals surface area contributed by atoms with Crippen molar-refractivity contribution in [3.05, 3.63) is 0 Å². The minimum absolute atomic E-state index is 0.400. The number of aliphatic imine (C=N–C) groups is 2. The fourth-order valence-corrected chi connectivity index (χ4v) is 23.5. The average molecular weight is 518 g/mol. The van der Waals surface area contributed by atoms with E-state index in [9.17, 15) is 9.59 Å². The van der Waals surface area contributed by atoms with E-state index < -0.39 is 33.8 Å². The van der Waals surface area contributed by atoms with Gasteiger partial charge in [-0.3, -0.25) is 0 Å². The molecule has 0 aromatic carbocycles. The molecule has 0 aromatic heterocycles. The molecule has 9 nitrogen and oxygen atoms in total. The van der Waals surface area contributed by atoms with Crippen LogP contribution in [0.15, 0.2) is 9.98 Å². The van der Waals surface area contributed by atoms with Crippen molar-refractivity contribution in [2.45, 2.75) is 83.2 Å². The normalized spacial score (nSPS) is 13.9. The van der Waals surface area contributed by atoms with E-state index in [1.807, 2.05) is 0 Å². The van der Waals surface area contributed by atoms with Crippen LogP contribution in [0.1, 0.15) is 19.3 Å². The second-order valence-electron chi connectivity index (χ2n) is 9.56. The Morgan fingerprint density at radius 3 is 1.75 bits per heavy atom. The van der Waals surface area contributed by atoms with E-state index in [0.717, 1.165) is 24.9 Å². The van der Waals surface area contributed by atoms with Crippen molar-refractivity contribution in [3.8, 4) is 6.26 Å². The third kappa shape index (κ3) is 15.6. The molecule has 0 aliphatic rings. The lowest BCUT2D eigenvalue weighted by Crippen LogP contribution is -2.57. The molecule has 32 heavy (non-hydrogen) atoms. The van der Waals surface area contributed by atoms with E-state index in [4.69, 9.17) is 22.3 Å². The summed E-state index contributed by atoms with van der Waals surface area (Å²) in [6.45, 7) is 16.1. The zero-order chi connectivity index (χ0) is 24.7. The van der Waals surface area contributed by atoms with Gasteiger partial charge < -0.3 is 17.1 Å². The van der Waals surface area contributed by atoms with Gasteiger partial charge in [-0.15, -0.1) is 0 Å². The van der Waals surface area contributed by atoms with Gasteiger partial charge in [0.1, 0.15) is 6.61 Å². The molecule has 13 heteroatoms. The number of nitriles is 1. The maximum absolute atomic E-state index is 10.4. The molecule has 0 N–H and O–H groups in total. The quantitative estimate of drug-likeness (QED) is 0.0859. The number of nitrogens with zero attached hydrogens (tertiary/aromatic N) is 3. The minimum Gasteiger partial charge on any atom is -0.436 e. The number of ether oxygens (including phenoxy) is 1. The van der Waals surface area contributed by atoms with Crippen molar-refractivity contribution in [1.29, 1.82) is 5.26 Å². The molecule has 0 fully saturated rings. The lowest BCUT2D eigenvalue weighted by atomic mass is 10.5. The number of rotatable bonds is 18. The van der Waals surface area contributed by atoms with E-state index in [-0.39, 0.29) is 0 Å². The van der Waals surface area contributed by atoms with E-state index >= 15 is 0 Å². The van der Waals surface area contributed by atoms with Crippen LogP contribution in [0.4, 0.5) is 0 Å². The van der Waals surface area contributed by atoms with Crippen LogP contribution in [0.5, 0.6) is 0 Å². The highest BCUT2D eigenvalue weighted by Gasteiger charge is 2.45. The number of hydrogen-bond donors (Lipinski definition) is 0. The standard InChI is InChI=1S/C19H39N3O6Si4/c1-29(2,15-10-13-25-17-20)26-31(5,6)28-32(7,16-9-12-22-19-24)27-30(3,4)14-8-11-21-18-23/h8-16H2,1-7H3. The summed E-state index contributed by atoms with van der Waals surface area (Å²) in [4.78, 5) is 28.0. The number of isocyanates is 2. The first kappa shape index (κ1) is 30.8. The molecule has 1 atom stereocenters. The zero-order valence-corrected chi connectivity index (χ0v) is 24.7. The Hall–Kier alpha value is -1.20. The van der Waals surface area contributed by atoms with Gasteiger partial charge in [0.2, 0.25) is 12.2 Å². The monoisotopic (exact) mass is 517 g/mol. The zero-order valence-electron chi connectivity index (χ0n) is 20.7. The van der Waals surface area contributed by atoms with Crippen molar-refractivity contribution in [2.75, 3.05) is 19.7 Å². The summed E-state index contributed by atoms with van der Waals surface area (Å²) in [6.07, 6.45) is 7.10. The van der Waals surface area contributed by atoms with Crippen LogP contribution < -0.4 is 0 Å². The van der Waals surface area contributed by atoms with Crippen LogP contribution in [0.2, 0.25) is 64.0 Å². The molecule has 0 heterocycles. The second kappa shape index (κ2) is 14.8. The molecule has 182 valence electrons. The van der Waals surface area contributed by atoms with Crippen LogP contribution in [-0.2, 0) is 26.7 Å². The fourth-order valence-electron chi connectivity index (χ4n) is 3.79. The molecule has 1 unspecified atom stereocenters. The van der Waals surface area contributed by atoms with Crippen LogP contribution in [0.25, 0.3) is 0 Å². The summed E-state index contributed by atoms with van der Waals surface area (Å²) in [5.41, 5.74) is 0. The smallest absolute Gasteiger partial charge is 0.315 e. The Labute approximate surface area is 197 Å². The Balaban J connectivity index is 5.28. The Bertz CT molecular complexity index is 704. The maximum atomic E-state index is 10.4. The van der Waals surface area contributed by atoms with Gasteiger partial charge in [0.05, 0.1) is 13.1 Å². The van der Waals surface area contributed by atoms with Gasteiger partial charge in [-0.25, -0.2) is 19.6 Å². The summed E-state index contributed by atoms with van der Waals surface area (Å²) in [7, 11) is -9.24. The fraction of sp³-hybridized carbons (Fsp3) is 0.842. The van der Waals surface area contributed by atoms with E-state index in [1.165, 1.54) is 0 Å². The Morgan fingerprint density at radius 1 is 0.719 bits per heavy atom. The van der Waals surface area contributed by atoms with E-state index in [0.29, 0.717) is 32.2 Å². The molecule has 0 aliphatic heterocycles. The molecule has 0 rings (SSSR count). The first-order valence-electron chi connectivity index (χ1n) is 11.0. The van der Waals surface area contributed by atoms with Crippen molar-refractivity contribution in [2.24, 2.45) is 9.98 Å². The predicted octanol–water partition coefficient (Wildman–Crippen LogP) is 4.56. The highest BCUT2D eigenvalue weighted by Crippen LogP contribution is 2.30. The van der Waals surface area contributed by atoms with Gasteiger partial charge in [-0.05, 0) is 83.2 Å². The van der Waals surface area contributed by atoms with Gasteiger partial charge in [-0.1, -0.05) is 0 Å². The molecular formula is C19H39N3O6Si4. The lowest BCUT2D eigenvalue weighted by molar-refractivity contribution is 0.267. The van der Waals surface area contributed by atoms with Gasteiger partial charge >= 0.3 is 17.1 Å². The molecule has 0 saturated heterocycles. The van der Waals surface area contributed by atoms with Gasteiger partial charge in [0, 0.05) is 0 Å². The second-order valence-corrected chi connectivity index (χ2v) is 25.6. The number of carbonyl (C=O) groups excluding carboxylic acids is 2. The van der Waals surface area contributed by atoms with Crippen molar-refractivity contribution >= 4 is 45.9 Å². The first-order valence-corrected chi connectivity index (χ1v) is 22.6. The van der Waals surface area contributed by atoms with Crippen LogP contribution in [-0.4, -0.2) is 65.6 Å². The van der Waals surface area contributed by atoms with Crippen LogP contribution in [0, 0.1) is 11.5 Å². The topological polar surface area (TPSA) is 120 Å². The first-order chi connectivity index (χ1) is 14.8. The Kier molecular flexibility index (Phi) is 14.3. The van der Waals surface area contributed by atoms with Crippen molar-refractivity contribution in [3.63, 3.8) is 0 Å². The summed E-state index contributed by atoms with van der Waals surface area (Å²) in [5, 5.41) is 8.53. The third-order valence-electron chi connectivity index (χ3n) is 4.64. The van der Waals surface area contributed by atoms with Gasteiger partial charge in [0.25, 0.3) is 6.26 Å². The molecule has 0 radical (unpaired) electrons. The average Bonchev–Trinajstić information content (AvgIpc) is 2.64. The molecule has 0 bridgehead atoms.